The van der Waals surface area contributed by atoms with Gasteiger partial charge in [-0.2, -0.15) is 0 Å². The molecule has 0 saturated heterocycles. The molecule has 0 radical (unpaired) electrons. The van der Waals surface area contributed by atoms with Crippen molar-refractivity contribution in [3.05, 3.63) is 23.4 Å². The fourth-order valence-corrected chi connectivity index (χ4v) is 1.39. The van der Waals surface area contributed by atoms with E-state index in [0.29, 0.717) is 6.42 Å². The summed E-state index contributed by atoms with van der Waals surface area (Å²) >= 11 is 0. The van der Waals surface area contributed by atoms with Crippen LogP contribution in [0.4, 0.5) is 0 Å². The van der Waals surface area contributed by atoms with E-state index in [4.69, 9.17) is 0 Å². The third-order valence-corrected chi connectivity index (χ3v) is 2.07. The van der Waals surface area contributed by atoms with Crippen LogP contribution in [0.2, 0.25) is 0 Å². The third-order valence-electron chi connectivity index (χ3n) is 2.07. The van der Waals surface area contributed by atoms with Gasteiger partial charge in [-0.15, -0.1) is 0 Å². The lowest BCUT2D eigenvalue weighted by atomic mass is 10.0. The van der Waals surface area contributed by atoms with Crippen molar-refractivity contribution in [2.45, 2.75) is 39.5 Å². The van der Waals surface area contributed by atoms with Crippen molar-refractivity contribution in [1.29, 1.82) is 0 Å². The molecule has 0 spiro atoms. The van der Waals surface area contributed by atoms with E-state index in [1.54, 1.807) is 0 Å². The van der Waals surface area contributed by atoms with Crippen LogP contribution < -0.4 is 5.32 Å². The van der Waals surface area contributed by atoms with Crippen molar-refractivity contribution in [3.63, 3.8) is 0 Å². The summed E-state index contributed by atoms with van der Waals surface area (Å²) in [6.07, 6.45) is 7.82. The van der Waals surface area contributed by atoms with Gasteiger partial charge in [0.2, 0.25) is 5.91 Å². The van der Waals surface area contributed by atoms with Crippen molar-refractivity contribution in [2.75, 3.05) is 0 Å². The molecule has 0 heterocycles. The van der Waals surface area contributed by atoms with Crippen LogP contribution in [0.5, 0.6) is 0 Å². The standard InChI is InChI=1S/C11H17NO/c1-3-5-11(13)12-10-7-4-6-9(2)8-10/h7-8H,3-6H2,1-2H3,(H,12,13). The summed E-state index contributed by atoms with van der Waals surface area (Å²) in [4.78, 5) is 11.2. The van der Waals surface area contributed by atoms with Gasteiger partial charge in [0, 0.05) is 12.1 Å². The van der Waals surface area contributed by atoms with Crippen LogP contribution >= 0.6 is 0 Å². The molecular formula is C11H17NO. The fourth-order valence-electron chi connectivity index (χ4n) is 1.39. The summed E-state index contributed by atoms with van der Waals surface area (Å²) in [7, 11) is 0. The number of allylic oxidation sites excluding steroid dienone is 3. The fraction of sp³-hybridized carbons (Fsp3) is 0.545. The van der Waals surface area contributed by atoms with Crippen LogP contribution in [0.25, 0.3) is 0 Å². The summed E-state index contributed by atoms with van der Waals surface area (Å²) in [6, 6.07) is 0. The molecule has 0 aliphatic heterocycles. The normalized spacial score (nSPS) is 16.2. The molecule has 0 unspecified atom stereocenters. The molecule has 1 N–H and O–H groups in total. The van der Waals surface area contributed by atoms with E-state index < -0.39 is 0 Å². The van der Waals surface area contributed by atoms with Gasteiger partial charge in [-0.3, -0.25) is 4.79 Å². The van der Waals surface area contributed by atoms with Gasteiger partial charge in [0.05, 0.1) is 0 Å². The zero-order chi connectivity index (χ0) is 9.68. The smallest absolute Gasteiger partial charge is 0.224 e. The third kappa shape index (κ3) is 3.45. The SMILES string of the molecule is CCCC(=O)NC1=CCCC(C)=C1. The van der Waals surface area contributed by atoms with Gasteiger partial charge < -0.3 is 5.32 Å². The van der Waals surface area contributed by atoms with Gasteiger partial charge in [-0.25, -0.2) is 0 Å². The highest BCUT2D eigenvalue weighted by atomic mass is 16.1. The molecule has 0 saturated carbocycles. The Balaban J connectivity index is 2.45. The minimum Gasteiger partial charge on any atom is -0.326 e. The second-order valence-electron chi connectivity index (χ2n) is 3.49. The Morgan fingerprint density at radius 1 is 1.62 bits per heavy atom. The highest BCUT2D eigenvalue weighted by Crippen LogP contribution is 2.14. The molecule has 72 valence electrons. The number of hydrogen-bond acceptors (Lipinski definition) is 1. The van der Waals surface area contributed by atoms with Crippen LogP contribution in [-0.2, 0) is 4.79 Å². The summed E-state index contributed by atoms with van der Waals surface area (Å²) < 4.78 is 0. The van der Waals surface area contributed by atoms with Gasteiger partial charge >= 0.3 is 0 Å². The summed E-state index contributed by atoms with van der Waals surface area (Å²) in [6.45, 7) is 4.11. The molecule has 2 nitrogen and oxygen atoms in total. The molecule has 1 aliphatic rings. The number of hydrogen-bond donors (Lipinski definition) is 1. The maximum atomic E-state index is 11.2. The molecule has 1 aliphatic carbocycles. The highest BCUT2D eigenvalue weighted by molar-refractivity contribution is 5.78. The molecule has 1 amide bonds. The molecule has 0 aromatic carbocycles. The van der Waals surface area contributed by atoms with Crippen LogP contribution in [0.3, 0.4) is 0 Å². The maximum Gasteiger partial charge on any atom is 0.224 e. The second kappa shape index (κ2) is 4.85. The Bertz CT molecular complexity index is 251. The van der Waals surface area contributed by atoms with Gasteiger partial charge in [0.15, 0.2) is 0 Å². The number of rotatable bonds is 3. The lowest BCUT2D eigenvalue weighted by Gasteiger charge is -2.11. The van der Waals surface area contributed by atoms with E-state index in [-0.39, 0.29) is 5.91 Å². The Kier molecular flexibility index (Phi) is 3.74. The predicted octanol–water partition coefficient (Wildman–Crippen LogP) is 2.53. The van der Waals surface area contributed by atoms with E-state index in [2.05, 4.69) is 24.4 Å². The Morgan fingerprint density at radius 3 is 3.00 bits per heavy atom. The first-order valence-corrected chi connectivity index (χ1v) is 4.89. The molecule has 0 fully saturated rings. The minimum absolute atomic E-state index is 0.125. The average molecular weight is 179 g/mol. The molecule has 13 heavy (non-hydrogen) atoms. The van der Waals surface area contributed by atoms with Crippen LogP contribution in [0.15, 0.2) is 23.4 Å². The Labute approximate surface area is 79.7 Å². The van der Waals surface area contributed by atoms with Crippen molar-refractivity contribution in [2.24, 2.45) is 0 Å². The summed E-state index contributed by atoms with van der Waals surface area (Å²) in [5, 5.41) is 2.90. The highest BCUT2D eigenvalue weighted by Gasteiger charge is 2.04. The molecule has 0 atom stereocenters. The first-order chi connectivity index (χ1) is 6.22. The second-order valence-corrected chi connectivity index (χ2v) is 3.49. The molecule has 0 aromatic rings. The van der Waals surface area contributed by atoms with E-state index in [1.807, 2.05) is 6.92 Å². The monoisotopic (exact) mass is 179 g/mol. The predicted molar refractivity (Wildman–Crippen MR) is 54.1 cm³/mol. The lowest BCUT2D eigenvalue weighted by Crippen LogP contribution is -2.22. The minimum atomic E-state index is 0.125. The summed E-state index contributed by atoms with van der Waals surface area (Å²) in [5.74, 6) is 0.125. The van der Waals surface area contributed by atoms with E-state index in [1.165, 1.54) is 5.57 Å². The molecule has 2 heteroatoms. The largest absolute Gasteiger partial charge is 0.326 e. The first-order valence-electron chi connectivity index (χ1n) is 4.89. The van der Waals surface area contributed by atoms with E-state index >= 15 is 0 Å². The van der Waals surface area contributed by atoms with Gasteiger partial charge in [-0.05, 0) is 32.3 Å². The van der Waals surface area contributed by atoms with Gasteiger partial charge in [-0.1, -0.05) is 18.6 Å². The Morgan fingerprint density at radius 2 is 2.38 bits per heavy atom. The molecule has 1 rings (SSSR count). The van der Waals surface area contributed by atoms with Crippen molar-refractivity contribution < 1.29 is 4.79 Å². The Hall–Kier alpha value is -1.05. The van der Waals surface area contributed by atoms with Crippen molar-refractivity contribution in [3.8, 4) is 0 Å². The van der Waals surface area contributed by atoms with E-state index in [0.717, 1.165) is 25.0 Å². The first kappa shape index (κ1) is 10.0. The van der Waals surface area contributed by atoms with Crippen molar-refractivity contribution in [1.82, 2.24) is 5.32 Å². The average Bonchev–Trinajstić information content (AvgIpc) is 2.04. The van der Waals surface area contributed by atoms with Crippen molar-refractivity contribution >= 4 is 5.91 Å². The van der Waals surface area contributed by atoms with Crippen LogP contribution in [-0.4, -0.2) is 5.91 Å². The van der Waals surface area contributed by atoms with Crippen LogP contribution in [0, 0.1) is 0 Å². The van der Waals surface area contributed by atoms with Gasteiger partial charge in [0.1, 0.15) is 0 Å². The lowest BCUT2D eigenvalue weighted by molar-refractivity contribution is -0.120. The van der Waals surface area contributed by atoms with E-state index in [9.17, 15) is 4.79 Å². The maximum absolute atomic E-state index is 11.2. The number of carbonyl (C=O) groups is 1. The topological polar surface area (TPSA) is 29.1 Å². The zero-order valence-corrected chi connectivity index (χ0v) is 8.39. The van der Waals surface area contributed by atoms with Crippen LogP contribution in [0.1, 0.15) is 39.5 Å². The number of carbonyl (C=O) groups excluding carboxylic acids is 1. The molecular weight excluding hydrogens is 162 g/mol. The van der Waals surface area contributed by atoms with Gasteiger partial charge in [0.25, 0.3) is 0 Å². The summed E-state index contributed by atoms with van der Waals surface area (Å²) in [5.41, 5.74) is 2.32. The molecule has 0 aromatic heterocycles. The number of amides is 1. The number of nitrogens with one attached hydrogen (secondary N) is 1. The quantitative estimate of drug-likeness (QED) is 0.708. The molecule has 0 bridgehead atoms. The zero-order valence-electron chi connectivity index (χ0n) is 8.39.